The molecule has 2 fully saturated rings. The van der Waals surface area contributed by atoms with Crippen LogP contribution in [0.3, 0.4) is 0 Å². The van der Waals surface area contributed by atoms with E-state index >= 15 is 0 Å². The maximum Gasteiger partial charge on any atom is 0.416 e. The second kappa shape index (κ2) is 8.19. The van der Waals surface area contributed by atoms with E-state index in [1.54, 1.807) is 30.0 Å². The molecule has 2 aliphatic rings. The standard InChI is InChI=1S/C23H25F3N2O3S/c1-15-7-8-16(2)21(13-15)32(30,31)28-11-9-27(10-12-28)22(29)19-14-18(19)17-5-3-4-6-20(17)23(24,25)26/h3-8,13,18-19H,9-12,14H2,1-2H3. The SMILES string of the molecule is Cc1ccc(C)c(S(=O)(=O)N2CCN(C(=O)C3CC3c3ccccc3C(F)(F)F)CC2)c1. The summed E-state index contributed by atoms with van der Waals surface area (Å²) in [6.45, 7) is 4.37. The van der Waals surface area contributed by atoms with Crippen molar-refractivity contribution in [3.63, 3.8) is 0 Å². The lowest BCUT2D eigenvalue weighted by molar-refractivity contribution is -0.139. The number of aryl methyl sites for hydroxylation is 2. The van der Waals surface area contributed by atoms with Crippen molar-refractivity contribution in [3.05, 3.63) is 64.7 Å². The summed E-state index contributed by atoms with van der Waals surface area (Å²) in [5, 5.41) is 0. The summed E-state index contributed by atoms with van der Waals surface area (Å²) in [7, 11) is -3.67. The molecule has 1 aliphatic carbocycles. The third-order valence-electron chi connectivity index (χ3n) is 6.29. The van der Waals surface area contributed by atoms with Crippen molar-refractivity contribution in [2.45, 2.75) is 37.3 Å². The number of halogens is 3. The number of piperazine rings is 1. The molecule has 5 nitrogen and oxygen atoms in total. The van der Waals surface area contributed by atoms with Gasteiger partial charge in [0.15, 0.2) is 0 Å². The quantitative estimate of drug-likeness (QED) is 0.686. The summed E-state index contributed by atoms with van der Waals surface area (Å²) >= 11 is 0. The second-order valence-corrected chi connectivity index (χ2v) is 10.4. The van der Waals surface area contributed by atoms with Gasteiger partial charge in [0, 0.05) is 32.1 Å². The summed E-state index contributed by atoms with van der Waals surface area (Å²) in [5.74, 6) is -1.13. The van der Waals surface area contributed by atoms with E-state index in [2.05, 4.69) is 0 Å². The molecule has 1 aliphatic heterocycles. The summed E-state index contributed by atoms with van der Waals surface area (Å²) < 4.78 is 67.4. The van der Waals surface area contributed by atoms with Crippen LogP contribution in [-0.2, 0) is 21.0 Å². The van der Waals surface area contributed by atoms with Crippen LogP contribution in [0.5, 0.6) is 0 Å². The van der Waals surface area contributed by atoms with Crippen LogP contribution in [0.4, 0.5) is 13.2 Å². The zero-order chi connectivity index (χ0) is 23.3. The number of alkyl halides is 3. The van der Waals surface area contributed by atoms with Crippen LogP contribution in [0.1, 0.15) is 34.6 Å². The molecule has 32 heavy (non-hydrogen) atoms. The van der Waals surface area contributed by atoms with Crippen LogP contribution in [-0.4, -0.2) is 49.7 Å². The van der Waals surface area contributed by atoms with Crippen molar-refractivity contribution in [1.82, 2.24) is 9.21 Å². The van der Waals surface area contributed by atoms with Crippen LogP contribution in [0.25, 0.3) is 0 Å². The Morgan fingerprint density at radius 2 is 1.66 bits per heavy atom. The molecule has 2 aromatic rings. The Labute approximate surface area is 185 Å². The summed E-state index contributed by atoms with van der Waals surface area (Å²) in [4.78, 5) is 14.8. The monoisotopic (exact) mass is 466 g/mol. The highest BCUT2D eigenvalue weighted by molar-refractivity contribution is 7.89. The van der Waals surface area contributed by atoms with Crippen LogP contribution in [0.2, 0.25) is 0 Å². The van der Waals surface area contributed by atoms with Gasteiger partial charge in [-0.2, -0.15) is 17.5 Å². The van der Waals surface area contributed by atoms with Gasteiger partial charge in [0.25, 0.3) is 0 Å². The fourth-order valence-corrected chi connectivity index (χ4v) is 6.13. The highest BCUT2D eigenvalue weighted by atomic mass is 32.2. The number of sulfonamides is 1. The Morgan fingerprint density at radius 3 is 2.31 bits per heavy atom. The zero-order valence-electron chi connectivity index (χ0n) is 17.9. The van der Waals surface area contributed by atoms with Gasteiger partial charge in [0.2, 0.25) is 15.9 Å². The van der Waals surface area contributed by atoms with E-state index in [1.807, 2.05) is 13.0 Å². The lowest BCUT2D eigenvalue weighted by atomic mass is 10.0. The minimum Gasteiger partial charge on any atom is -0.340 e. The predicted molar refractivity (Wildman–Crippen MR) is 114 cm³/mol. The first-order valence-electron chi connectivity index (χ1n) is 10.5. The maximum absolute atomic E-state index is 13.3. The molecule has 0 bridgehead atoms. The number of benzene rings is 2. The van der Waals surface area contributed by atoms with Gasteiger partial charge < -0.3 is 4.90 Å². The lowest BCUT2D eigenvalue weighted by Gasteiger charge is -2.34. The molecule has 4 rings (SSSR count). The number of carbonyl (C=O) groups is 1. The van der Waals surface area contributed by atoms with Crippen molar-refractivity contribution in [3.8, 4) is 0 Å². The number of amides is 1. The van der Waals surface area contributed by atoms with Gasteiger partial charge in [-0.1, -0.05) is 30.3 Å². The molecule has 1 saturated carbocycles. The van der Waals surface area contributed by atoms with Crippen LogP contribution in [0, 0.1) is 19.8 Å². The minimum atomic E-state index is -4.46. The molecular formula is C23H25F3N2O3S. The van der Waals surface area contributed by atoms with Crippen molar-refractivity contribution in [2.24, 2.45) is 5.92 Å². The third kappa shape index (κ3) is 4.28. The van der Waals surface area contributed by atoms with Gasteiger partial charge in [-0.05, 0) is 55.0 Å². The maximum atomic E-state index is 13.3. The average molecular weight is 467 g/mol. The van der Waals surface area contributed by atoms with E-state index in [-0.39, 0.29) is 42.5 Å². The Bertz CT molecular complexity index is 1140. The summed E-state index contributed by atoms with van der Waals surface area (Å²) in [6.07, 6.45) is -4.08. The fourth-order valence-electron chi connectivity index (χ4n) is 4.40. The minimum absolute atomic E-state index is 0.162. The first kappa shape index (κ1) is 22.8. The molecule has 1 saturated heterocycles. The zero-order valence-corrected chi connectivity index (χ0v) is 18.7. The summed E-state index contributed by atoms with van der Waals surface area (Å²) in [5.41, 5.74) is 0.986. The lowest BCUT2D eigenvalue weighted by Crippen LogP contribution is -2.51. The van der Waals surface area contributed by atoms with Crippen molar-refractivity contribution < 1.29 is 26.4 Å². The Morgan fingerprint density at radius 1 is 1.00 bits per heavy atom. The molecule has 9 heteroatoms. The molecule has 2 atom stereocenters. The molecule has 0 aromatic heterocycles. The molecule has 2 aromatic carbocycles. The molecule has 172 valence electrons. The Balaban J connectivity index is 1.42. The van der Waals surface area contributed by atoms with Crippen molar-refractivity contribution in [2.75, 3.05) is 26.2 Å². The highest BCUT2D eigenvalue weighted by Crippen LogP contribution is 2.51. The van der Waals surface area contributed by atoms with Crippen molar-refractivity contribution in [1.29, 1.82) is 0 Å². The van der Waals surface area contributed by atoms with Crippen molar-refractivity contribution >= 4 is 15.9 Å². The topological polar surface area (TPSA) is 57.7 Å². The number of carbonyl (C=O) groups excluding carboxylic acids is 1. The molecule has 2 unspecified atom stereocenters. The average Bonchev–Trinajstić information content (AvgIpc) is 3.55. The van der Waals surface area contributed by atoms with Gasteiger partial charge in [-0.25, -0.2) is 8.42 Å². The van der Waals surface area contributed by atoms with Gasteiger partial charge in [-0.3, -0.25) is 4.79 Å². The smallest absolute Gasteiger partial charge is 0.340 e. The van der Waals surface area contributed by atoms with E-state index in [0.29, 0.717) is 12.0 Å². The molecule has 1 heterocycles. The first-order chi connectivity index (χ1) is 15.0. The number of nitrogens with zero attached hydrogens (tertiary/aromatic N) is 2. The van der Waals surface area contributed by atoms with Gasteiger partial charge in [0.05, 0.1) is 10.5 Å². The van der Waals surface area contributed by atoms with E-state index in [9.17, 15) is 26.4 Å². The van der Waals surface area contributed by atoms with E-state index in [1.165, 1.54) is 16.4 Å². The molecule has 1 amide bonds. The normalized spacial score (nSPS) is 22.1. The van der Waals surface area contributed by atoms with Crippen LogP contribution < -0.4 is 0 Å². The van der Waals surface area contributed by atoms with Gasteiger partial charge in [-0.15, -0.1) is 0 Å². The van der Waals surface area contributed by atoms with Gasteiger partial charge >= 0.3 is 6.18 Å². The van der Waals surface area contributed by atoms with Crippen LogP contribution >= 0.6 is 0 Å². The van der Waals surface area contributed by atoms with E-state index in [4.69, 9.17) is 0 Å². The van der Waals surface area contributed by atoms with E-state index < -0.39 is 33.6 Å². The number of hydrogen-bond donors (Lipinski definition) is 0. The largest absolute Gasteiger partial charge is 0.416 e. The molecule has 0 spiro atoms. The predicted octanol–water partition coefficient (Wildman–Crippen LogP) is 3.96. The third-order valence-corrected chi connectivity index (χ3v) is 8.33. The van der Waals surface area contributed by atoms with E-state index in [0.717, 1.165) is 11.6 Å². The van der Waals surface area contributed by atoms with Gasteiger partial charge in [0.1, 0.15) is 0 Å². The number of hydrogen-bond acceptors (Lipinski definition) is 3. The van der Waals surface area contributed by atoms with Crippen LogP contribution in [0.15, 0.2) is 47.4 Å². The fraction of sp³-hybridized carbons (Fsp3) is 0.435. The second-order valence-electron chi connectivity index (χ2n) is 8.53. The molecule has 0 radical (unpaired) electrons. The number of rotatable bonds is 4. The molecular weight excluding hydrogens is 441 g/mol. The summed E-state index contributed by atoms with van der Waals surface area (Å²) in [6, 6.07) is 10.7. The molecule has 0 N–H and O–H groups in total. The Kier molecular flexibility index (Phi) is 5.83. The highest BCUT2D eigenvalue weighted by Gasteiger charge is 2.49. The Hall–Kier alpha value is -2.39. The first-order valence-corrected chi connectivity index (χ1v) is 12.0.